The molecule has 2 heterocycles. The zero-order valence-electron chi connectivity index (χ0n) is 15.4. The maximum Gasteiger partial charge on any atom is 0.411 e. The molecule has 0 atom stereocenters. The van der Waals surface area contributed by atoms with E-state index in [2.05, 4.69) is 21.6 Å². The molecule has 0 saturated heterocycles. The van der Waals surface area contributed by atoms with Gasteiger partial charge in [-0.15, -0.1) is 0 Å². The summed E-state index contributed by atoms with van der Waals surface area (Å²) in [6, 6.07) is 12.6. The maximum atomic E-state index is 12.1. The highest BCUT2D eigenvalue weighted by atomic mass is 35.5. The summed E-state index contributed by atoms with van der Waals surface area (Å²) in [7, 11) is 0. The SMILES string of the molecule is CCn1cnc2cc(NC(=O)OCc3cc(-c4ccc(Cl)cc4Cl)ns3)ccc21. The summed E-state index contributed by atoms with van der Waals surface area (Å²) in [4.78, 5) is 17.3. The number of fused-ring (bicyclic) bond motifs is 1. The molecule has 0 spiro atoms. The fraction of sp³-hybridized carbons (Fsp3) is 0.150. The second-order valence-electron chi connectivity index (χ2n) is 6.24. The summed E-state index contributed by atoms with van der Waals surface area (Å²) in [6.07, 6.45) is 1.24. The largest absolute Gasteiger partial charge is 0.444 e. The Morgan fingerprint density at radius 2 is 2.07 bits per heavy atom. The van der Waals surface area contributed by atoms with E-state index in [1.165, 1.54) is 11.5 Å². The third-order valence-electron chi connectivity index (χ3n) is 4.32. The number of rotatable bonds is 5. The number of halogens is 2. The van der Waals surface area contributed by atoms with Crippen molar-refractivity contribution in [2.75, 3.05) is 5.32 Å². The van der Waals surface area contributed by atoms with Crippen LogP contribution in [0.15, 0.2) is 48.8 Å². The second-order valence-corrected chi connectivity index (χ2v) is 7.97. The molecular formula is C20H16Cl2N4O2S. The van der Waals surface area contributed by atoms with Crippen molar-refractivity contribution < 1.29 is 9.53 Å². The summed E-state index contributed by atoms with van der Waals surface area (Å²) in [5, 5.41) is 3.81. The predicted octanol–water partition coefficient (Wildman–Crippen LogP) is 6.24. The van der Waals surface area contributed by atoms with E-state index in [9.17, 15) is 4.79 Å². The number of carbonyl (C=O) groups excluding carboxylic acids is 1. The second kappa shape index (κ2) is 8.41. The summed E-state index contributed by atoms with van der Waals surface area (Å²) in [6.45, 7) is 3.00. The number of aryl methyl sites for hydroxylation is 1. The van der Waals surface area contributed by atoms with Crippen molar-refractivity contribution in [1.29, 1.82) is 0 Å². The molecule has 4 rings (SSSR count). The van der Waals surface area contributed by atoms with Crippen LogP contribution < -0.4 is 5.32 Å². The van der Waals surface area contributed by atoms with E-state index < -0.39 is 6.09 Å². The standard InChI is InChI=1S/C20H16Cl2N4O2S/c1-2-26-11-23-18-8-13(4-6-19(18)26)24-20(27)28-10-14-9-17(25-29-14)15-5-3-12(21)7-16(15)22/h3-9,11H,2,10H2,1H3,(H,24,27). The third kappa shape index (κ3) is 4.37. The molecule has 0 radical (unpaired) electrons. The Bertz CT molecular complexity index is 1190. The quantitative estimate of drug-likeness (QED) is 0.394. The number of nitrogens with one attached hydrogen (secondary N) is 1. The first-order chi connectivity index (χ1) is 14.0. The van der Waals surface area contributed by atoms with Crippen LogP contribution in [0.5, 0.6) is 0 Å². The molecule has 1 N–H and O–H groups in total. The van der Waals surface area contributed by atoms with Crippen LogP contribution in [0.1, 0.15) is 11.8 Å². The highest BCUT2D eigenvalue weighted by Crippen LogP contribution is 2.31. The molecule has 0 saturated carbocycles. The average molecular weight is 447 g/mol. The smallest absolute Gasteiger partial charge is 0.411 e. The van der Waals surface area contributed by atoms with Crippen LogP contribution in [-0.4, -0.2) is 20.0 Å². The highest BCUT2D eigenvalue weighted by Gasteiger charge is 2.11. The van der Waals surface area contributed by atoms with Crippen molar-refractivity contribution in [2.45, 2.75) is 20.1 Å². The molecule has 0 bridgehead atoms. The van der Waals surface area contributed by atoms with E-state index in [1.54, 1.807) is 18.5 Å². The lowest BCUT2D eigenvalue weighted by Crippen LogP contribution is -2.13. The van der Waals surface area contributed by atoms with Crippen LogP contribution in [0.25, 0.3) is 22.3 Å². The van der Waals surface area contributed by atoms with Gasteiger partial charge in [-0.3, -0.25) is 5.32 Å². The van der Waals surface area contributed by atoms with Crippen LogP contribution in [0, 0.1) is 0 Å². The van der Waals surface area contributed by atoms with E-state index in [-0.39, 0.29) is 6.61 Å². The van der Waals surface area contributed by atoms with Crippen LogP contribution in [-0.2, 0) is 17.9 Å². The Kier molecular flexibility index (Phi) is 5.71. The molecule has 0 fully saturated rings. The number of carbonyl (C=O) groups is 1. The number of imidazole rings is 1. The lowest BCUT2D eigenvalue weighted by atomic mass is 10.1. The molecule has 0 aliphatic rings. The molecule has 29 heavy (non-hydrogen) atoms. The molecule has 0 aliphatic heterocycles. The van der Waals surface area contributed by atoms with Gasteiger partial charge < -0.3 is 9.30 Å². The van der Waals surface area contributed by atoms with Gasteiger partial charge in [0.25, 0.3) is 0 Å². The molecule has 2 aromatic heterocycles. The van der Waals surface area contributed by atoms with Gasteiger partial charge in [-0.1, -0.05) is 23.2 Å². The number of hydrogen-bond acceptors (Lipinski definition) is 5. The first-order valence-electron chi connectivity index (χ1n) is 8.83. The van der Waals surface area contributed by atoms with Crippen molar-refractivity contribution in [3.63, 3.8) is 0 Å². The van der Waals surface area contributed by atoms with E-state index in [4.69, 9.17) is 27.9 Å². The number of hydrogen-bond donors (Lipinski definition) is 1. The Labute approximate surface area is 181 Å². The van der Waals surface area contributed by atoms with Crippen molar-refractivity contribution in [3.05, 3.63) is 63.7 Å². The zero-order chi connectivity index (χ0) is 20.4. The van der Waals surface area contributed by atoms with Crippen molar-refractivity contribution in [2.24, 2.45) is 0 Å². The third-order valence-corrected chi connectivity index (χ3v) is 5.63. The van der Waals surface area contributed by atoms with Gasteiger partial charge in [0.15, 0.2) is 0 Å². The number of aromatic nitrogens is 3. The maximum absolute atomic E-state index is 12.1. The average Bonchev–Trinajstić information content (AvgIpc) is 3.33. The topological polar surface area (TPSA) is 69.0 Å². The predicted molar refractivity (Wildman–Crippen MR) is 117 cm³/mol. The molecule has 148 valence electrons. The Balaban J connectivity index is 1.38. The fourth-order valence-electron chi connectivity index (χ4n) is 2.89. The molecule has 1 amide bonds. The van der Waals surface area contributed by atoms with Crippen LogP contribution >= 0.6 is 34.7 Å². The Hall–Kier alpha value is -2.61. The minimum atomic E-state index is -0.543. The van der Waals surface area contributed by atoms with E-state index in [0.29, 0.717) is 21.4 Å². The number of amides is 1. The van der Waals surface area contributed by atoms with Gasteiger partial charge in [-0.2, -0.15) is 4.37 Å². The highest BCUT2D eigenvalue weighted by molar-refractivity contribution is 7.06. The Morgan fingerprint density at radius 3 is 2.86 bits per heavy atom. The molecule has 6 nitrogen and oxygen atoms in total. The van der Waals surface area contributed by atoms with E-state index in [0.717, 1.165) is 28.0 Å². The van der Waals surface area contributed by atoms with E-state index >= 15 is 0 Å². The van der Waals surface area contributed by atoms with Gasteiger partial charge in [-0.25, -0.2) is 9.78 Å². The fourth-order valence-corrected chi connectivity index (χ4v) is 4.04. The van der Waals surface area contributed by atoms with Crippen molar-refractivity contribution in [1.82, 2.24) is 13.9 Å². The van der Waals surface area contributed by atoms with Gasteiger partial charge in [0, 0.05) is 22.8 Å². The minimum absolute atomic E-state index is 0.113. The normalized spacial score (nSPS) is 11.0. The summed E-state index contributed by atoms with van der Waals surface area (Å²) in [5.74, 6) is 0. The van der Waals surface area contributed by atoms with Gasteiger partial charge >= 0.3 is 6.09 Å². The number of benzene rings is 2. The number of nitrogens with zero attached hydrogens (tertiary/aromatic N) is 3. The van der Waals surface area contributed by atoms with Gasteiger partial charge in [0.2, 0.25) is 0 Å². The summed E-state index contributed by atoms with van der Waals surface area (Å²) >= 11 is 13.4. The zero-order valence-corrected chi connectivity index (χ0v) is 17.7. The number of ether oxygens (including phenoxy) is 1. The first kappa shape index (κ1) is 19.7. The lowest BCUT2D eigenvalue weighted by molar-refractivity contribution is 0.156. The lowest BCUT2D eigenvalue weighted by Gasteiger charge is -2.06. The summed E-state index contributed by atoms with van der Waals surface area (Å²) in [5.41, 5.74) is 3.96. The van der Waals surface area contributed by atoms with Gasteiger partial charge in [0.05, 0.1) is 33.0 Å². The number of anilines is 1. The van der Waals surface area contributed by atoms with Gasteiger partial charge in [0.1, 0.15) is 6.61 Å². The van der Waals surface area contributed by atoms with Crippen LogP contribution in [0.2, 0.25) is 10.0 Å². The molecule has 2 aromatic carbocycles. The molecule has 0 aliphatic carbocycles. The molecule has 4 aromatic rings. The Morgan fingerprint density at radius 1 is 1.21 bits per heavy atom. The molecule has 9 heteroatoms. The van der Waals surface area contributed by atoms with E-state index in [1.807, 2.05) is 34.9 Å². The monoisotopic (exact) mass is 446 g/mol. The summed E-state index contributed by atoms with van der Waals surface area (Å²) < 4.78 is 11.7. The van der Waals surface area contributed by atoms with Gasteiger partial charge in [-0.05, 0) is 60.9 Å². The van der Waals surface area contributed by atoms with Crippen LogP contribution in [0.4, 0.5) is 10.5 Å². The minimum Gasteiger partial charge on any atom is -0.444 e. The first-order valence-corrected chi connectivity index (χ1v) is 10.4. The van der Waals surface area contributed by atoms with Crippen molar-refractivity contribution in [3.8, 4) is 11.3 Å². The molecular weight excluding hydrogens is 431 g/mol. The van der Waals surface area contributed by atoms with Crippen molar-refractivity contribution >= 4 is 57.5 Å². The molecule has 0 unspecified atom stereocenters. The van der Waals surface area contributed by atoms with Crippen LogP contribution in [0.3, 0.4) is 0 Å².